The molecular weight excluding hydrogens is 489 g/mol. The van der Waals surface area contributed by atoms with Crippen molar-refractivity contribution in [3.8, 4) is 0 Å². The average molecular weight is 509 g/mol. The predicted octanol–water partition coefficient (Wildman–Crippen LogP) is 7.25. The summed E-state index contributed by atoms with van der Waals surface area (Å²) in [5.41, 5.74) is 1.59. The number of hydrogen-bond acceptors (Lipinski definition) is 3. The van der Waals surface area contributed by atoms with Gasteiger partial charge in [-0.25, -0.2) is 0 Å². The fourth-order valence-corrected chi connectivity index (χ4v) is 4.17. The Labute approximate surface area is 190 Å². The van der Waals surface area contributed by atoms with Crippen LogP contribution in [-0.2, 0) is 12.7 Å². The number of benzene rings is 2. The summed E-state index contributed by atoms with van der Waals surface area (Å²) in [5, 5.41) is 0. The number of allylic oxidation sites excluding steroid dienone is 2. The summed E-state index contributed by atoms with van der Waals surface area (Å²) < 4.78 is 42.1. The summed E-state index contributed by atoms with van der Waals surface area (Å²) in [7, 11) is 0. The van der Waals surface area contributed by atoms with Crippen molar-refractivity contribution in [2.24, 2.45) is 4.99 Å². The molecule has 3 rings (SSSR count). The Morgan fingerprint density at radius 1 is 1.26 bits per heavy atom. The Hall–Kier alpha value is -2.45. The molecule has 0 spiro atoms. The highest BCUT2D eigenvalue weighted by molar-refractivity contribution is 9.12. The minimum Gasteiger partial charge on any atom is -0.294 e. The lowest BCUT2D eigenvalue weighted by Crippen LogP contribution is -2.14. The van der Waals surface area contributed by atoms with Crippen LogP contribution in [0.5, 0.6) is 0 Å². The van der Waals surface area contributed by atoms with E-state index < -0.39 is 11.7 Å². The number of thiazole rings is 1. The minimum atomic E-state index is -4.47. The lowest BCUT2D eigenvalue weighted by Gasteiger charge is -2.09. The summed E-state index contributed by atoms with van der Waals surface area (Å²) in [6.07, 6.45) is 1.21. The van der Waals surface area contributed by atoms with E-state index in [-0.39, 0.29) is 16.9 Å². The molecule has 0 saturated carbocycles. The van der Waals surface area contributed by atoms with Crippen molar-refractivity contribution >= 4 is 49.4 Å². The molecule has 3 aromatic rings. The SMILES string of the molecule is C=C(N=C/C(Br)=C\CCC)c1cccc(Cn2c(=O)sc3ccc(C(F)(F)F)cc32)c1. The number of nitrogens with zero attached hydrogens (tertiary/aromatic N) is 2. The van der Waals surface area contributed by atoms with Crippen LogP contribution >= 0.6 is 27.3 Å². The summed E-state index contributed by atoms with van der Waals surface area (Å²) in [5.74, 6) is 0. The Bertz CT molecular complexity index is 1220. The van der Waals surface area contributed by atoms with Crippen molar-refractivity contribution in [2.75, 3.05) is 0 Å². The first-order valence-electron chi connectivity index (χ1n) is 9.57. The number of aliphatic imine (C=N–C) groups is 1. The molecule has 2 aromatic carbocycles. The highest BCUT2D eigenvalue weighted by Gasteiger charge is 2.31. The monoisotopic (exact) mass is 508 g/mol. The van der Waals surface area contributed by atoms with Crippen molar-refractivity contribution in [2.45, 2.75) is 32.5 Å². The van der Waals surface area contributed by atoms with E-state index in [1.807, 2.05) is 30.3 Å². The van der Waals surface area contributed by atoms with Crippen LogP contribution in [0.3, 0.4) is 0 Å². The summed E-state index contributed by atoms with van der Waals surface area (Å²) in [6, 6.07) is 10.7. The Kier molecular flexibility index (Phi) is 7.33. The molecule has 0 unspecified atom stereocenters. The molecule has 1 aromatic heterocycles. The Morgan fingerprint density at radius 3 is 2.74 bits per heavy atom. The molecule has 0 aliphatic heterocycles. The van der Waals surface area contributed by atoms with Crippen molar-refractivity contribution in [1.29, 1.82) is 0 Å². The maximum Gasteiger partial charge on any atom is 0.416 e. The van der Waals surface area contributed by atoms with Gasteiger partial charge in [-0.2, -0.15) is 13.2 Å². The lowest BCUT2D eigenvalue weighted by atomic mass is 10.1. The topological polar surface area (TPSA) is 34.4 Å². The molecule has 0 radical (unpaired) electrons. The predicted molar refractivity (Wildman–Crippen MR) is 126 cm³/mol. The molecule has 3 nitrogen and oxygen atoms in total. The smallest absolute Gasteiger partial charge is 0.294 e. The molecule has 0 saturated heterocycles. The summed E-state index contributed by atoms with van der Waals surface area (Å²) >= 11 is 4.37. The molecule has 162 valence electrons. The van der Waals surface area contributed by atoms with Crippen molar-refractivity contribution in [1.82, 2.24) is 4.57 Å². The van der Waals surface area contributed by atoms with E-state index >= 15 is 0 Å². The zero-order chi connectivity index (χ0) is 22.6. The van der Waals surface area contributed by atoms with Gasteiger partial charge in [0.15, 0.2) is 0 Å². The lowest BCUT2D eigenvalue weighted by molar-refractivity contribution is -0.137. The van der Waals surface area contributed by atoms with E-state index in [9.17, 15) is 18.0 Å². The molecular formula is C23H20BrF3N2OS. The van der Waals surface area contributed by atoms with Gasteiger partial charge in [0.25, 0.3) is 0 Å². The maximum atomic E-state index is 13.1. The van der Waals surface area contributed by atoms with Gasteiger partial charge in [0.1, 0.15) is 0 Å². The van der Waals surface area contributed by atoms with Gasteiger partial charge in [-0.05, 0) is 57.7 Å². The van der Waals surface area contributed by atoms with Crippen molar-refractivity contribution < 1.29 is 13.2 Å². The standard InChI is InChI=1S/C23H20BrF3N2OS/c1-3-4-8-19(24)13-28-15(2)17-7-5-6-16(11-17)14-29-20-12-18(23(25,26)27)9-10-21(20)31-22(29)30/h5-13H,2-4,14H2,1H3/b19-8+,28-13?. The van der Waals surface area contributed by atoms with Crippen LogP contribution in [0.15, 0.2) is 69.4 Å². The second-order valence-electron chi connectivity index (χ2n) is 6.92. The van der Waals surface area contributed by atoms with E-state index in [2.05, 4.69) is 34.4 Å². The first kappa shape index (κ1) is 23.2. The number of aromatic nitrogens is 1. The minimum absolute atomic E-state index is 0.158. The number of fused-ring (bicyclic) bond motifs is 1. The third-order valence-electron chi connectivity index (χ3n) is 4.57. The van der Waals surface area contributed by atoms with Crippen LogP contribution in [0.25, 0.3) is 15.9 Å². The second kappa shape index (κ2) is 9.78. The highest BCUT2D eigenvalue weighted by Crippen LogP contribution is 2.32. The quantitative estimate of drug-likeness (QED) is 0.309. The molecule has 0 atom stereocenters. The van der Waals surface area contributed by atoms with E-state index in [1.54, 1.807) is 6.21 Å². The first-order valence-corrected chi connectivity index (χ1v) is 11.2. The number of hydrogen-bond donors (Lipinski definition) is 0. The van der Waals surface area contributed by atoms with Gasteiger partial charge in [-0.3, -0.25) is 14.4 Å². The van der Waals surface area contributed by atoms with E-state index in [0.29, 0.717) is 10.4 Å². The second-order valence-corrected chi connectivity index (χ2v) is 8.83. The fraction of sp³-hybridized carbons (Fsp3) is 0.217. The molecule has 0 bridgehead atoms. The van der Waals surface area contributed by atoms with Crippen molar-refractivity contribution in [3.63, 3.8) is 0 Å². The third-order valence-corrected chi connectivity index (χ3v) is 6.06. The molecule has 8 heteroatoms. The zero-order valence-electron chi connectivity index (χ0n) is 16.7. The molecule has 1 heterocycles. The maximum absolute atomic E-state index is 13.1. The summed E-state index contributed by atoms with van der Waals surface area (Å²) in [4.78, 5) is 16.5. The van der Waals surface area contributed by atoms with Crippen LogP contribution < -0.4 is 4.87 Å². The average Bonchev–Trinajstić information content (AvgIpc) is 3.04. The van der Waals surface area contributed by atoms with Gasteiger partial charge in [-0.1, -0.05) is 55.5 Å². The van der Waals surface area contributed by atoms with Gasteiger partial charge >= 0.3 is 11.0 Å². The number of alkyl halides is 3. The van der Waals surface area contributed by atoms with Gasteiger partial charge in [-0.15, -0.1) is 0 Å². The van der Waals surface area contributed by atoms with Crippen LogP contribution in [0.4, 0.5) is 13.2 Å². The van der Waals surface area contributed by atoms with Crippen molar-refractivity contribution in [3.05, 3.63) is 86.0 Å². The fourth-order valence-electron chi connectivity index (χ4n) is 2.97. The molecule has 0 aliphatic rings. The molecule has 0 fully saturated rings. The number of rotatable bonds is 7. The van der Waals surface area contributed by atoms with Gasteiger partial charge in [0, 0.05) is 10.7 Å². The number of halogens is 4. The molecule has 0 N–H and O–H groups in total. The van der Waals surface area contributed by atoms with Crippen LogP contribution in [-0.4, -0.2) is 10.8 Å². The molecule has 0 aliphatic carbocycles. The Morgan fingerprint density at radius 2 is 2.03 bits per heavy atom. The first-order chi connectivity index (χ1) is 14.7. The van der Waals surface area contributed by atoms with Gasteiger partial charge < -0.3 is 0 Å². The third kappa shape index (κ3) is 5.83. The van der Waals surface area contributed by atoms with E-state index in [0.717, 1.165) is 51.9 Å². The largest absolute Gasteiger partial charge is 0.416 e. The van der Waals surface area contributed by atoms with Gasteiger partial charge in [0.2, 0.25) is 0 Å². The molecule has 0 amide bonds. The Balaban J connectivity index is 1.88. The summed E-state index contributed by atoms with van der Waals surface area (Å²) in [6.45, 7) is 6.23. The molecule has 31 heavy (non-hydrogen) atoms. The van der Waals surface area contributed by atoms with E-state index in [4.69, 9.17) is 0 Å². The highest BCUT2D eigenvalue weighted by atomic mass is 79.9. The normalized spacial score (nSPS) is 12.7. The zero-order valence-corrected chi connectivity index (χ0v) is 19.1. The van der Waals surface area contributed by atoms with Gasteiger partial charge in [0.05, 0.1) is 28.0 Å². The number of unbranched alkanes of at least 4 members (excludes halogenated alkanes) is 1. The van der Waals surface area contributed by atoms with Crippen LogP contribution in [0.1, 0.15) is 36.5 Å². The van der Waals surface area contributed by atoms with Crippen LogP contribution in [0.2, 0.25) is 0 Å². The van der Waals surface area contributed by atoms with Crippen LogP contribution in [0, 0.1) is 0 Å². The van der Waals surface area contributed by atoms with E-state index in [1.165, 1.54) is 10.6 Å².